The summed E-state index contributed by atoms with van der Waals surface area (Å²) >= 11 is 7.41. The van der Waals surface area contributed by atoms with E-state index in [9.17, 15) is 13.2 Å². The minimum absolute atomic E-state index is 0.279. The highest BCUT2D eigenvalue weighted by Gasteiger charge is 2.34. The third kappa shape index (κ3) is 3.43. The van der Waals surface area contributed by atoms with Crippen LogP contribution in [0.25, 0.3) is 0 Å². The Labute approximate surface area is 122 Å². The molecule has 1 aromatic rings. The Morgan fingerprint density at radius 2 is 2.21 bits per heavy atom. The Kier molecular flexibility index (Phi) is 4.43. The van der Waals surface area contributed by atoms with Crippen LogP contribution < -0.4 is 0 Å². The molecule has 1 heterocycles. The van der Waals surface area contributed by atoms with Gasteiger partial charge < -0.3 is 4.90 Å². The van der Waals surface area contributed by atoms with Crippen LogP contribution in [0.5, 0.6) is 0 Å². The van der Waals surface area contributed by atoms with E-state index in [2.05, 4.69) is 0 Å². The fourth-order valence-corrected chi connectivity index (χ4v) is 4.96. The minimum Gasteiger partial charge on any atom is -0.320 e. The van der Waals surface area contributed by atoms with Gasteiger partial charge in [-0.3, -0.25) is 4.79 Å². The standard InChI is InChI=1S/C12H14ClNO3S2/c1-19(16,17)11-8-18-6-5-14(11)12(15)9-3-2-4-10(13)7-9/h2-4,7,11H,5-6,8H2,1H3/t11-/m0/s1. The Hall–Kier alpha value is -0.720. The van der Waals surface area contributed by atoms with Gasteiger partial charge in [0.25, 0.3) is 5.91 Å². The highest BCUT2D eigenvalue weighted by atomic mass is 35.5. The van der Waals surface area contributed by atoms with E-state index in [1.54, 1.807) is 36.0 Å². The summed E-state index contributed by atoms with van der Waals surface area (Å²) in [6, 6.07) is 6.57. The van der Waals surface area contributed by atoms with Gasteiger partial charge in [0, 0.05) is 34.9 Å². The van der Waals surface area contributed by atoms with Gasteiger partial charge in [-0.2, -0.15) is 11.8 Å². The molecule has 0 N–H and O–H groups in total. The second-order valence-electron chi connectivity index (χ2n) is 4.37. The van der Waals surface area contributed by atoms with E-state index in [1.165, 1.54) is 11.2 Å². The van der Waals surface area contributed by atoms with Crippen molar-refractivity contribution in [2.75, 3.05) is 24.3 Å². The van der Waals surface area contributed by atoms with Gasteiger partial charge in [-0.1, -0.05) is 17.7 Å². The molecule has 1 amide bonds. The number of hydrogen-bond donors (Lipinski definition) is 0. The molecule has 19 heavy (non-hydrogen) atoms. The summed E-state index contributed by atoms with van der Waals surface area (Å²) in [6.07, 6.45) is 1.17. The normalized spacial score (nSPS) is 20.3. The molecule has 0 radical (unpaired) electrons. The van der Waals surface area contributed by atoms with Crippen LogP contribution in [-0.4, -0.2) is 48.9 Å². The number of thioether (sulfide) groups is 1. The van der Waals surface area contributed by atoms with Crippen molar-refractivity contribution in [1.29, 1.82) is 0 Å². The highest BCUT2D eigenvalue weighted by Crippen LogP contribution is 2.23. The zero-order chi connectivity index (χ0) is 14.0. The number of hydrogen-bond acceptors (Lipinski definition) is 4. The number of carbonyl (C=O) groups is 1. The van der Waals surface area contributed by atoms with E-state index in [0.29, 0.717) is 22.9 Å². The van der Waals surface area contributed by atoms with E-state index in [1.807, 2.05) is 0 Å². The Bertz CT molecular complexity index is 588. The van der Waals surface area contributed by atoms with Crippen molar-refractivity contribution in [3.8, 4) is 0 Å². The molecule has 1 aliphatic rings. The van der Waals surface area contributed by atoms with Crippen LogP contribution in [0.3, 0.4) is 0 Å². The monoisotopic (exact) mass is 319 g/mol. The molecule has 7 heteroatoms. The van der Waals surface area contributed by atoms with Crippen LogP contribution in [0.2, 0.25) is 5.02 Å². The quantitative estimate of drug-likeness (QED) is 0.835. The van der Waals surface area contributed by atoms with Crippen molar-refractivity contribution >= 4 is 39.1 Å². The minimum atomic E-state index is -3.29. The van der Waals surface area contributed by atoms with Crippen molar-refractivity contribution < 1.29 is 13.2 Å². The lowest BCUT2D eigenvalue weighted by Gasteiger charge is -2.34. The first-order chi connectivity index (χ1) is 8.89. The zero-order valence-electron chi connectivity index (χ0n) is 10.4. The highest BCUT2D eigenvalue weighted by molar-refractivity contribution is 8.00. The first kappa shape index (κ1) is 14.7. The van der Waals surface area contributed by atoms with Crippen LogP contribution in [0.1, 0.15) is 10.4 Å². The summed E-state index contributed by atoms with van der Waals surface area (Å²) in [6.45, 7) is 0.438. The number of sulfone groups is 1. The molecule has 4 nitrogen and oxygen atoms in total. The summed E-state index contributed by atoms with van der Waals surface area (Å²) in [4.78, 5) is 13.8. The second-order valence-corrected chi connectivity index (χ2v) is 8.16. The van der Waals surface area contributed by atoms with Gasteiger partial charge >= 0.3 is 0 Å². The molecule has 0 bridgehead atoms. The maximum absolute atomic E-state index is 12.4. The molecule has 2 rings (SSSR count). The number of rotatable bonds is 2. The topological polar surface area (TPSA) is 54.5 Å². The van der Waals surface area contributed by atoms with Gasteiger partial charge in [0.15, 0.2) is 9.84 Å². The van der Waals surface area contributed by atoms with E-state index >= 15 is 0 Å². The van der Waals surface area contributed by atoms with Crippen molar-refractivity contribution in [3.05, 3.63) is 34.9 Å². The Morgan fingerprint density at radius 1 is 1.47 bits per heavy atom. The van der Waals surface area contributed by atoms with E-state index in [0.717, 1.165) is 5.75 Å². The number of carbonyl (C=O) groups excluding carboxylic acids is 1. The van der Waals surface area contributed by atoms with E-state index in [-0.39, 0.29) is 5.91 Å². The van der Waals surface area contributed by atoms with Crippen LogP contribution in [0, 0.1) is 0 Å². The lowest BCUT2D eigenvalue weighted by Crippen LogP contribution is -2.49. The summed E-state index contributed by atoms with van der Waals surface area (Å²) < 4.78 is 23.5. The van der Waals surface area contributed by atoms with Gasteiger partial charge in [0.1, 0.15) is 5.37 Å². The van der Waals surface area contributed by atoms with E-state index < -0.39 is 15.2 Å². The maximum atomic E-state index is 12.4. The van der Waals surface area contributed by atoms with Crippen molar-refractivity contribution in [1.82, 2.24) is 4.90 Å². The van der Waals surface area contributed by atoms with Crippen molar-refractivity contribution in [2.24, 2.45) is 0 Å². The fraction of sp³-hybridized carbons (Fsp3) is 0.417. The van der Waals surface area contributed by atoms with Gasteiger partial charge in [-0.05, 0) is 18.2 Å². The molecule has 104 valence electrons. The molecule has 1 saturated heterocycles. The summed E-state index contributed by atoms with van der Waals surface area (Å²) in [5, 5.41) is -0.286. The van der Waals surface area contributed by atoms with Crippen LogP contribution in [0.4, 0.5) is 0 Å². The van der Waals surface area contributed by atoms with Gasteiger partial charge in [-0.25, -0.2) is 8.42 Å². The van der Waals surface area contributed by atoms with Crippen molar-refractivity contribution in [2.45, 2.75) is 5.37 Å². The van der Waals surface area contributed by atoms with Crippen molar-refractivity contribution in [3.63, 3.8) is 0 Å². The summed E-state index contributed by atoms with van der Waals surface area (Å²) in [5.41, 5.74) is 0.424. The molecule has 0 saturated carbocycles. The van der Waals surface area contributed by atoms with Crippen LogP contribution in [0.15, 0.2) is 24.3 Å². The maximum Gasteiger partial charge on any atom is 0.255 e. The number of benzene rings is 1. The first-order valence-electron chi connectivity index (χ1n) is 5.73. The summed E-state index contributed by atoms with van der Waals surface area (Å²) in [7, 11) is -3.29. The molecule has 0 unspecified atom stereocenters. The number of nitrogens with zero attached hydrogens (tertiary/aromatic N) is 1. The van der Waals surface area contributed by atoms with Gasteiger partial charge in [0.2, 0.25) is 0 Å². The zero-order valence-corrected chi connectivity index (χ0v) is 12.8. The molecule has 1 fully saturated rings. The lowest BCUT2D eigenvalue weighted by atomic mass is 10.2. The predicted molar refractivity (Wildman–Crippen MR) is 78.4 cm³/mol. The fourth-order valence-electron chi connectivity index (χ4n) is 1.96. The molecule has 0 aliphatic carbocycles. The molecular weight excluding hydrogens is 306 g/mol. The molecule has 1 aromatic carbocycles. The van der Waals surface area contributed by atoms with E-state index in [4.69, 9.17) is 11.6 Å². The first-order valence-corrected chi connectivity index (χ1v) is 9.21. The Morgan fingerprint density at radius 3 is 2.84 bits per heavy atom. The third-order valence-corrected chi connectivity index (χ3v) is 5.79. The smallest absolute Gasteiger partial charge is 0.255 e. The Balaban J connectivity index is 2.30. The average molecular weight is 320 g/mol. The SMILES string of the molecule is CS(=O)(=O)[C@H]1CSCCN1C(=O)c1cccc(Cl)c1. The molecule has 1 aliphatic heterocycles. The lowest BCUT2D eigenvalue weighted by molar-refractivity contribution is 0.0749. The predicted octanol–water partition coefficient (Wildman–Crippen LogP) is 1.90. The molecular formula is C12H14ClNO3S2. The number of amides is 1. The van der Waals surface area contributed by atoms with Gasteiger partial charge in [-0.15, -0.1) is 0 Å². The molecule has 1 atom stereocenters. The largest absolute Gasteiger partial charge is 0.320 e. The second kappa shape index (κ2) is 5.73. The van der Waals surface area contributed by atoms with Crippen LogP contribution >= 0.6 is 23.4 Å². The molecule has 0 spiro atoms. The average Bonchev–Trinajstić information content (AvgIpc) is 2.37. The number of halogens is 1. The van der Waals surface area contributed by atoms with Crippen LogP contribution in [-0.2, 0) is 9.84 Å². The summed E-state index contributed by atoms with van der Waals surface area (Å²) in [5.74, 6) is 0.891. The van der Waals surface area contributed by atoms with Gasteiger partial charge in [0.05, 0.1) is 0 Å². The molecule has 0 aromatic heterocycles. The third-order valence-electron chi connectivity index (χ3n) is 2.91.